The number of thioether (sulfide) groups is 1. The lowest BCUT2D eigenvalue weighted by atomic mass is 10.2. The van der Waals surface area contributed by atoms with Gasteiger partial charge in [-0.25, -0.2) is 9.79 Å². The number of hydrogen-bond donors (Lipinski definition) is 1. The second-order valence-corrected chi connectivity index (χ2v) is 4.91. The Morgan fingerprint density at radius 3 is 3.00 bits per heavy atom. The smallest absolute Gasteiger partial charge is 0.344 e. The molecule has 0 unspecified atom stereocenters. The van der Waals surface area contributed by atoms with Gasteiger partial charge in [0.05, 0.1) is 25.2 Å². The van der Waals surface area contributed by atoms with Crippen molar-refractivity contribution in [2.75, 3.05) is 19.5 Å². The van der Waals surface area contributed by atoms with Gasteiger partial charge in [-0.1, -0.05) is 17.8 Å². The maximum Gasteiger partial charge on any atom is 0.344 e. The lowest BCUT2D eigenvalue weighted by Gasteiger charge is -2.05. The van der Waals surface area contributed by atoms with E-state index in [1.165, 1.54) is 11.8 Å². The Kier molecular flexibility index (Phi) is 4.68. The number of carbonyl (C=O) groups excluding carboxylic acids is 1. The number of aliphatic hydroxyl groups is 1. The molecule has 106 valence electrons. The fraction of sp³-hybridized carbons (Fsp3) is 0.286. The normalized spacial score (nSPS) is 16.6. The largest absolute Gasteiger partial charge is 0.510 e. The molecule has 0 saturated heterocycles. The average Bonchev–Trinajstić information content (AvgIpc) is 2.80. The van der Waals surface area contributed by atoms with Crippen molar-refractivity contribution in [2.24, 2.45) is 4.99 Å². The molecular formula is C14H15NO4S. The highest BCUT2D eigenvalue weighted by Gasteiger charge is 2.29. The van der Waals surface area contributed by atoms with Crippen molar-refractivity contribution >= 4 is 28.5 Å². The molecule has 1 aliphatic rings. The maximum atomic E-state index is 11.8. The summed E-state index contributed by atoms with van der Waals surface area (Å²) in [6.45, 7) is 1.98. The first-order valence-electron chi connectivity index (χ1n) is 6.10. The first-order chi connectivity index (χ1) is 9.65. The van der Waals surface area contributed by atoms with E-state index in [0.717, 1.165) is 0 Å². The molecule has 0 bridgehead atoms. The topological polar surface area (TPSA) is 68.1 Å². The molecule has 0 saturated carbocycles. The van der Waals surface area contributed by atoms with Gasteiger partial charge in [0.25, 0.3) is 0 Å². The number of ether oxygens (including phenoxy) is 2. The highest BCUT2D eigenvalue weighted by Crippen LogP contribution is 2.30. The number of carbonyl (C=O) groups is 1. The van der Waals surface area contributed by atoms with Crippen molar-refractivity contribution in [1.29, 1.82) is 0 Å². The minimum absolute atomic E-state index is 0.00935. The number of hydrogen-bond acceptors (Lipinski definition) is 6. The summed E-state index contributed by atoms with van der Waals surface area (Å²) in [5.74, 6) is 0.476. The third kappa shape index (κ3) is 3.14. The average molecular weight is 293 g/mol. The van der Waals surface area contributed by atoms with E-state index in [9.17, 15) is 9.90 Å². The third-order valence-corrected chi connectivity index (χ3v) is 3.60. The highest BCUT2D eigenvalue weighted by molar-refractivity contribution is 8.15. The molecule has 1 heterocycles. The Hall–Kier alpha value is -1.95. The Morgan fingerprint density at radius 2 is 2.30 bits per heavy atom. The van der Waals surface area contributed by atoms with Crippen molar-refractivity contribution in [3.05, 3.63) is 35.6 Å². The van der Waals surface area contributed by atoms with Crippen molar-refractivity contribution in [3.63, 3.8) is 0 Å². The van der Waals surface area contributed by atoms with E-state index in [1.54, 1.807) is 26.2 Å². The van der Waals surface area contributed by atoms with Gasteiger partial charge in [0, 0.05) is 6.07 Å². The molecule has 2 rings (SSSR count). The first-order valence-corrected chi connectivity index (χ1v) is 7.09. The van der Waals surface area contributed by atoms with E-state index in [1.807, 2.05) is 12.1 Å². The Balaban J connectivity index is 2.31. The van der Waals surface area contributed by atoms with Crippen LogP contribution in [-0.4, -0.2) is 35.6 Å². The molecule has 0 fully saturated rings. The Labute approximate surface area is 121 Å². The summed E-state index contributed by atoms with van der Waals surface area (Å²) in [6, 6.07) is 7.18. The molecule has 6 heteroatoms. The van der Waals surface area contributed by atoms with Gasteiger partial charge >= 0.3 is 5.97 Å². The fourth-order valence-corrected chi connectivity index (χ4v) is 2.63. The van der Waals surface area contributed by atoms with Gasteiger partial charge in [0.2, 0.25) is 0 Å². The van der Waals surface area contributed by atoms with Gasteiger partial charge in [-0.3, -0.25) is 0 Å². The molecule has 20 heavy (non-hydrogen) atoms. The van der Waals surface area contributed by atoms with Crippen LogP contribution in [0.25, 0.3) is 0 Å². The number of aliphatic imine (C=N–C) groups is 1. The second kappa shape index (κ2) is 6.47. The summed E-state index contributed by atoms with van der Waals surface area (Å²) < 4.78 is 10.1. The molecule has 0 spiro atoms. The lowest BCUT2D eigenvalue weighted by Crippen LogP contribution is -2.12. The van der Waals surface area contributed by atoms with Crippen molar-refractivity contribution in [3.8, 4) is 5.75 Å². The van der Waals surface area contributed by atoms with E-state index in [0.29, 0.717) is 22.2 Å². The zero-order chi connectivity index (χ0) is 14.5. The standard InChI is InChI=1S/C14H15NO4S/c1-3-19-14(17)12-11(16)8-20-13(12)15-9-5-4-6-10(7-9)18-2/h4-7,16H,3,8H2,1-2H3. The van der Waals surface area contributed by atoms with Crippen LogP contribution in [0.1, 0.15) is 6.92 Å². The molecule has 0 radical (unpaired) electrons. The molecule has 0 aromatic heterocycles. The van der Waals surface area contributed by atoms with Crippen LogP contribution in [0.15, 0.2) is 40.6 Å². The number of aliphatic hydroxyl groups excluding tert-OH is 1. The van der Waals surface area contributed by atoms with Crippen LogP contribution in [-0.2, 0) is 9.53 Å². The molecule has 5 nitrogen and oxygen atoms in total. The quantitative estimate of drug-likeness (QED) is 0.865. The van der Waals surface area contributed by atoms with E-state index in [4.69, 9.17) is 9.47 Å². The zero-order valence-corrected chi connectivity index (χ0v) is 12.1. The molecule has 1 aromatic rings. The highest BCUT2D eigenvalue weighted by atomic mass is 32.2. The van der Waals surface area contributed by atoms with Crippen LogP contribution >= 0.6 is 11.8 Å². The van der Waals surface area contributed by atoms with Gasteiger partial charge < -0.3 is 14.6 Å². The number of nitrogens with zero attached hydrogens (tertiary/aromatic N) is 1. The third-order valence-electron chi connectivity index (χ3n) is 2.61. The number of esters is 1. The van der Waals surface area contributed by atoms with Crippen LogP contribution in [0.3, 0.4) is 0 Å². The monoisotopic (exact) mass is 293 g/mol. The Bertz CT molecular complexity index is 580. The summed E-state index contributed by atoms with van der Waals surface area (Å²) >= 11 is 1.31. The minimum Gasteiger partial charge on any atom is -0.510 e. The van der Waals surface area contributed by atoms with Crippen LogP contribution in [0.5, 0.6) is 5.75 Å². The van der Waals surface area contributed by atoms with Gasteiger partial charge in [0.15, 0.2) is 0 Å². The van der Waals surface area contributed by atoms with E-state index >= 15 is 0 Å². The molecular weight excluding hydrogens is 278 g/mol. The fourth-order valence-electron chi connectivity index (χ4n) is 1.70. The minimum atomic E-state index is -0.545. The van der Waals surface area contributed by atoms with Crippen molar-refractivity contribution < 1.29 is 19.4 Å². The van der Waals surface area contributed by atoms with Crippen LogP contribution in [0.2, 0.25) is 0 Å². The van der Waals surface area contributed by atoms with E-state index in [-0.39, 0.29) is 17.9 Å². The summed E-state index contributed by atoms with van der Waals surface area (Å²) in [6.07, 6.45) is 0. The zero-order valence-electron chi connectivity index (χ0n) is 11.3. The number of methoxy groups -OCH3 is 1. The predicted octanol–water partition coefficient (Wildman–Crippen LogP) is 2.85. The molecule has 1 N–H and O–H groups in total. The van der Waals surface area contributed by atoms with Crippen molar-refractivity contribution in [1.82, 2.24) is 0 Å². The molecule has 1 aromatic carbocycles. The van der Waals surface area contributed by atoms with Crippen LogP contribution < -0.4 is 4.74 Å². The summed E-state index contributed by atoms with van der Waals surface area (Å²) in [4.78, 5) is 16.2. The Morgan fingerprint density at radius 1 is 1.50 bits per heavy atom. The number of benzene rings is 1. The number of rotatable bonds is 4. The summed E-state index contributed by atoms with van der Waals surface area (Å²) in [5.41, 5.74) is 0.808. The SMILES string of the molecule is CCOC(=O)C1=C(O)CSC1=Nc1cccc(OC)c1. The molecule has 0 atom stereocenters. The molecule has 1 aliphatic heterocycles. The summed E-state index contributed by atoms with van der Waals surface area (Å²) in [7, 11) is 1.58. The van der Waals surface area contributed by atoms with E-state index in [2.05, 4.69) is 4.99 Å². The van der Waals surface area contributed by atoms with Crippen molar-refractivity contribution in [2.45, 2.75) is 6.92 Å². The van der Waals surface area contributed by atoms with E-state index < -0.39 is 5.97 Å². The maximum absolute atomic E-state index is 11.8. The van der Waals surface area contributed by atoms with Gasteiger partial charge in [-0.15, -0.1) is 0 Å². The van der Waals surface area contributed by atoms with Gasteiger partial charge in [-0.2, -0.15) is 0 Å². The molecule has 0 aliphatic carbocycles. The second-order valence-electron chi connectivity index (χ2n) is 3.95. The lowest BCUT2D eigenvalue weighted by molar-refractivity contribution is -0.138. The van der Waals surface area contributed by atoms with Crippen LogP contribution in [0, 0.1) is 0 Å². The van der Waals surface area contributed by atoms with Gasteiger partial charge in [-0.05, 0) is 19.1 Å². The predicted molar refractivity (Wildman–Crippen MR) is 78.8 cm³/mol. The first kappa shape index (κ1) is 14.5. The van der Waals surface area contributed by atoms with Crippen LogP contribution in [0.4, 0.5) is 5.69 Å². The summed E-state index contributed by atoms with van der Waals surface area (Å²) in [5, 5.41) is 10.3. The van der Waals surface area contributed by atoms with Gasteiger partial charge in [0.1, 0.15) is 22.1 Å². The molecule has 0 amide bonds.